The Morgan fingerprint density at radius 3 is 2.89 bits per heavy atom. The molecular formula is C13H10F2N2O. The van der Waals surface area contributed by atoms with Crippen LogP contribution in [0.3, 0.4) is 0 Å². The van der Waals surface area contributed by atoms with Crippen molar-refractivity contribution in [3.05, 3.63) is 42.8 Å². The number of hydrogen-bond acceptors (Lipinski definition) is 2. The fourth-order valence-corrected chi connectivity index (χ4v) is 1.92. The highest BCUT2D eigenvalue weighted by atomic mass is 19.3. The van der Waals surface area contributed by atoms with Gasteiger partial charge in [-0.1, -0.05) is 18.2 Å². The minimum absolute atomic E-state index is 0.393. The van der Waals surface area contributed by atoms with Gasteiger partial charge in [-0.2, -0.15) is 5.10 Å². The second-order valence-electron chi connectivity index (χ2n) is 3.96. The van der Waals surface area contributed by atoms with Crippen LogP contribution in [0.25, 0.3) is 22.2 Å². The maximum absolute atomic E-state index is 12.2. The van der Waals surface area contributed by atoms with Gasteiger partial charge >= 0.3 is 0 Å². The zero-order valence-corrected chi connectivity index (χ0v) is 9.38. The first-order chi connectivity index (χ1) is 8.74. The lowest BCUT2D eigenvalue weighted by molar-refractivity contribution is 0.122. The summed E-state index contributed by atoms with van der Waals surface area (Å²) in [5, 5.41) is 5.05. The van der Waals surface area contributed by atoms with Gasteiger partial charge in [0, 0.05) is 17.1 Å². The summed E-state index contributed by atoms with van der Waals surface area (Å²) in [5.41, 5.74) is 2.22. The number of hydrogen-bond donors (Lipinski definition) is 0. The molecule has 0 spiro atoms. The summed E-state index contributed by atoms with van der Waals surface area (Å²) >= 11 is 0. The summed E-state index contributed by atoms with van der Waals surface area (Å²) in [7, 11) is 0. The van der Waals surface area contributed by atoms with Crippen LogP contribution in [-0.4, -0.2) is 16.2 Å². The minimum Gasteiger partial charge on any atom is -0.464 e. The molecule has 0 fully saturated rings. The summed E-state index contributed by atoms with van der Waals surface area (Å²) in [5.74, 6) is 0. The Bertz CT molecular complexity index is 672. The van der Waals surface area contributed by atoms with E-state index in [0.717, 1.165) is 16.5 Å². The number of aromatic nitrogens is 2. The van der Waals surface area contributed by atoms with Crippen LogP contribution in [0.1, 0.15) is 0 Å². The van der Waals surface area contributed by atoms with Crippen LogP contribution in [0, 0.1) is 0 Å². The molecule has 0 aliphatic rings. The van der Waals surface area contributed by atoms with Gasteiger partial charge in [0.1, 0.15) is 18.4 Å². The van der Waals surface area contributed by atoms with Crippen LogP contribution in [0.15, 0.2) is 47.2 Å². The van der Waals surface area contributed by atoms with Crippen molar-refractivity contribution in [1.82, 2.24) is 9.78 Å². The Morgan fingerprint density at radius 2 is 2.06 bits per heavy atom. The summed E-state index contributed by atoms with van der Waals surface area (Å²) < 4.78 is 31.1. The highest BCUT2D eigenvalue weighted by Crippen LogP contribution is 2.29. The predicted molar refractivity (Wildman–Crippen MR) is 63.4 cm³/mol. The van der Waals surface area contributed by atoms with Gasteiger partial charge in [0.15, 0.2) is 0 Å². The van der Waals surface area contributed by atoms with Crippen molar-refractivity contribution in [2.75, 3.05) is 0 Å². The Kier molecular flexibility index (Phi) is 2.59. The monoisotopic (exact) mass is 248 g/mol. The highest BCUT2D eigenvalue weighted by Gasteiger charge is 2.11. The highest BCUT2D eigenvalue weighted by molar-refractivity contribution is 5.92. The van der Waals surface area contributed by atoms with Crippen molar-refractivity contribution in [3.63, 3.8) is 0 Å². The van der Waals surface area contributed by atoms with Crippen molar-refractivity contribution in [3.8, 4) is 11.3 Å². The molecule has 1 aromatic carbocycles. The fraction of sp³-hybridized carbons (Fsp3) is 0.154. The van der Waals surface area contributed by atoms with Gasteiger partial charge in [0.05, 0.1) is 5.69 Å². The zero-order valence-electron chi connectivity index (χ0n) is 9.38. The van der Waals surface area contributed by atoms with Gasteiger partial charge in [-0.05, 0) is 12.1 Å². The third kappa shape index (κ3) is 1.88. The standard InChI is InChI=1S/C13H10F2N2O/c14-13(15)7-17-6-5-11(16-17)10-8-18-12-4-2-1-3-9(10)12/h1-6,8,13H,7H2. The van der Waals surface area contributed by atoms with E-state index in [1.807, 2.05) is 24.3 Å². The molecule has 0 aliphatic carbocycles. The van der Waals surface area contributed by atoms with Gasteiger partial charge in [-0.25, -0.2) is 8.78 Å². The number of alkyl halides is 2. The number of rotatable bonds is 3. The van der Waals surface area contributed by atoms with Crippen molar-refractivity contribution in [2.45, 2.75) is 13.0 Å². The third-order valence-electron chi connectivity index (χ3n) is 2.72. The van der Waals surface area contributed by atoms with Crippen molar-refractivity contribution in [2.24, 2.45) is 0 Å². The lowest BCUT2D eigenvalue weighted by atomic mass is 10.1. The van der Waals surface area contributed by atoms with E-state index in [1.54, 1.807) is 18.5 Å². The number of fused-ring (bicyclic) bond motifs is 1. The predicted octanol–water partition coefficient (Wildman–Crippen LogP) is 3.56. The second-order valence-corrected chi connectivity index (χ2v) is 3.96. The Hall–Kier alpha value is -2.17. The number of para-hydroxylation sites is 1. The van der Waals surface area contributed by atoms with Crippen LogP contribution in [-0.2, 0) is 6.54 Å². The molecule has 0 saturated heterocycles. The maximum atomic E-state index is 12.2. The van der Waals surface area contributed by atoms with Gasteiger partial charge in [0.2, 0.25) is 0 Å². The molecule has 0 bridgehead atoms. The van der Waals surface area contributed by atoms with E-state index in [0.29, 0.717) is 5.69 Å². The van der Waals surface area contributed by atoms with Crippen LogP contribution >= 0.6 is 0 Å². The largest absolute Gasteiger partial charge is 0.464 e. The van der Waals surface area contributed by atoms with E-state index in [4.69, 9.17) is 4.42 Å². The molecule has 0 unspecified atom stereocenters. The molecule has 2 heterocycles. The van der Waals surface area contributed by atoms with E-state index in [2.05, 4.69) is 5.10 Å². The van der Waals surface area contributed by atoms with Crippen LogP contribution in [0.5, 0.6) is 0 Å². The molecule has 5 heteroatoms. The first-order valence-corrected chi connectivity index (χ1v) is 5.52. The van der Waals surface area contributed by atoms with Crippen LogP contribution in [0.2, 0.25) is 0 Å². The molecule has 3 rings (SSSR count). The molecule has 0 aliphatic heterocycles. The summed E-state index contributed by atoms with van der Waals surface area (Å²) in [4.78, 5) is 0. The molecule has 3 nitrogen and oxygen atoms in total. The average molecular weight is 248 g/mol. The first-order valence-electron chi connectivity index (χ1n) is 5.52. The molecule has 0 saturated carbocycles. The molecule has 0 N–H and O–H groups in total. The summed E-state index contributed by atoms with van der Waals surface area (Å²) in [6.07, 6.45) is 0.738. The topological polar surface area (TPSA) is 31.0 Å². The van der Waals surface area contributed by atoms with E-state index in [-0.39, 0.29) is 0 Å². The molecule has 0 radical (unpaired) electrons. The van der Waals surface area contributed by atoms with E-state index in [9.17, 15) is 8.78 Å². The van der Waals surface area contributed by atoms with Gasteiger partial charge in [-0.3, -0.25) is 4.68 Å². The van der Waals surface area contributed by atoms with Gasteiger partial charge in [0.25, 0.3) is 6.43 Å². The number of halogens is 2. The number of nitrogens with zero attached hydrogens (tertiary/aromatic N) is 2. The Balaban J connectivity index is 2.01. The third-order valence-corrected chi connectivity index (χ3v) is 2.72. The molecular weight excluding hydrogens is 238 g/mol. The van der Waals surface area contributed by atoms with Crippen molar-refractivity contribution >= 4 is 11.0 Å². The molecule has 92 valence electrons. The van der Waals surface area contributed by atoms with Crippen LogP contribution in [0.4, 0.5) is 8.78 Å². The normalized spacial score (nSPS) is 11.5. The first kappa shape index (κ1) is 11.0. The summed E-state index contributed by atoms with van der Waals surface area (Å²) in [6, 6.07) is 9.26. The second kappa shape index (κ2) is 4.25. The molecule has 18 heavy (non-hydrogen) atoms. The summed E-state index contributed by atoms with van der Waals surface area (Å²) in [6.45, 7) is -0.393. The average Bonchev–Trinajstić information content (AvgIpc) is 2.94. The SMILES string of the molecule is FC(F)Cn1ccc(-c2coc3ccccc23)n1. The van der Waals surface area contributed by atoms with Crippen molar-refractivity contribution < 1.29 is 13.2 Å². The van der Waals surface area contributed by atoms with Crippen molar-refractivity contribution in [1.29, 1.82) is 0 Å². The Morgan fingerprint density at radius 1 is 1.22 bits per heavy atom. The molecule has 2 aromatic heterocycles. The van der Waals surface area contributed by atoms with E-state index < -0.39 is 13.0 Å². The number of benzene rings is 1. The molecule has 0 amide bonds. The lowest BCUT2D eigenvalue weighted by Crippen LogP contribution is -2.06. The fourth-order valence-electron chi connectivity index (χ4n) is 1.92. The van der Waals surface area contributed by atoms with Gasteiger partial charge < -0.3 is 4.42 Å². The maximum Gasteiger partial charge on any atom is 0.257 e. The molecule has 0 atom stereocenters. The quantitative estimate of drug-likeness (QED) is 0.709. The zero-order chi connectivity index (χ0) is 12.5. The van der Waals surface area contributed by atoms with E-state index in [1.165, 1.54) is 4.68 Å². The molecule has 3 aromatic rings. The Labute approximate surface area is 102 Å². The van der Waals surface area contributed by atoms with E-state index >= 15 is 0 Å². The minimum atomic E-state index is -2.40. The van der Waals surface area contributed by atoms with Gasteiger partial charge in [-0.15, -0.1) is 0 Å². The number of furan rings is 1. The van der Waals surface area contributed by atoms with Crippen LogP contribution < -0.4 is 0 Å². The smallest absolute Gasteiger partial charge is 0.257 e. The lowest BCUT2D eigenvalue weighted by Gasteiger charge is -1.98.